The number of carbonyl (C=O) groups excluding carboxylic acids is 3. The first-order valence-electron chi connectivity index (χ1n) is 10.9. The van der Waals surface area contributed by atoms with Gasteiger partial charge in [-0.2, -0.15) is 0 Å². The maximum Gasteiger partial charge on any atom is 0.253 e. The molecular formula is C24H35N3O3. The van der Waals surface area contributed by atoms with Crippen molar-refractivity contribution in [3.8, 4) is 0 Å². The van der Waals surface area contributed by atoms with Crippen LogP contribution in [0.3, 0.4) is 0 Å². The molecule has 0 radical (unpaired) electrons. The predicted octanol–water partition coefficient (Wildman–Crippen LogP) is 2.92. The molecule has 2 saturated heterocycles. The Balaban J connectivity index is 1.56. The highest BCUT2D eigenvalue weighted by atomic mass is 16.2. The van der Waals surface area contributed by atoms with Crippen LogP contribution in [0.2, 0.25) is 0 Å². The van der Waals surface area contributed by atoms with E-state index in [1.807, 2.05) is 54.8 Å². The molecule has 2 aliphatic heterocycles. The zero-order valence-corrected chi connectivity index (χ0v) is 19.2. The van der Waals surface area contributed by atoms with Crippen LogP contribution < -0.4 is 0 Å². The monoisotopic (exact) mass is 413 g/mol. The highest BCUT2D eigenvalue weighted by Crippen LogP contribution is 2.27. The van der Waals surface area contributed by atoms with Crippen molar-refractivity contribution in [1.82, 2.24) is 14.7 Å². The minimum Gasteiger partial charge on any atom is -0.339 e. The number of nitrogens with zero attached hydrogens (tertiary/aromatic N) is 3. The zero-order chi connectivity index (χ0) is 22.3. The number of benzene rings is 1. The van der Waals surface area contributed by atoms with Crippen LogP contribution in [0.25, 0.3) is 0 Å². The first-order valence-corrected chi connectivity index (χ1v) is 10.9. The fourth-order valence-corrected chi connectivity index (χ4v) is 4.20. The largest absolute Gasteiger partial charge is 0.339 e. The summed E-state index contributed by atoms with van der Waals surface area (Å²) in [4.78, 5) is 43.5. The smallest absolute Gasteiger partial charge is 0.253 e. The molecule has 1 aromatic rings. The van der Waals surface area contributed by atoms with Gasteiger partial charge in [0.05, 0.1) is 5.92 Å². The van der Waals surface area contributed by atoms with E-state index in [0.717, 1.165) is 0 Å². The Kier molecular flexibility index (Phi) is 5.99. The average molecular weight is 414 g/mol. The lowest BCUT2D eigenvalue weighted by Gasteiger charge is -2.36. The first-order chi connectivity index (χ1) is 13.9. The third kappa shape index (κ3) is 4.68. The molecule has 6 heteroatoms. The lowest BCUT2D eigenvalue weighted by Crippen LogP contribution is -2.52. The molecular weight excluding hydrogens is 378 g/mol. The number of carbonyl (C=O) groups is 3. The van der Waals surface area contributed by atoms with Gasteiger partial charge < -0.3 is 14.7 Å². The van der Waals surface area contributed by atoms with Crippen molar-refractivity contribution in [3.05, 3.63) is 35.4 Å². The Labute approximate surface area is 180 Å². The number of amides is 3. The standard InChI is InChI=1S/C24H35N3O3/c1-23(2,3)19-9-7-17(8-10-19)21(29)25-11-13-26(14-12-25)22(30)18-15-20(28)27(16-18)24(4,5)6/h7-10,18H,11-16H2,1-6H3. The van der Waals surface area contributed by atoms with E-state index in [2.05, 4.69) is 20.8 Å². The van der Waals surface area contributed by atoms with Crippen LogP contribution in [0.1, 0.15) is 63.9 Å². The number of piperazine rings is 1. The molecule has 3 amide bonds. The Morgan fingerprint density at radius 1 is 0.867 bits per heavy atom. The summed E-state index contributed by atoms with van der Waals surface area (Å²) in [5.41, 5.74) is 1.67. The maximum atomic E-state index is 12.9. The summed E-state index contributed by atoms with van der Waals surface area (Å²) < 4.78 is 0. The molecule has 30 heavy (non-hydrogen) atoms. The van der Waals surface area contributed by atoms with Gasteiger partial charge in [0.25, 0.3) is 5.91 Å². The van der Waals surface area contributed by atoms with E-state index in [9.17, 15) is 14.4 Å². The Morgan fingerprint density at radius 2 is 1.40 bits per heavy atom. The number of hydrogen-bond acceptors (Lipinski definition) is 3. The van der Waals surface area contributed by atoms with Crippen LogP contribution in [0.4, 0.5) is 0 Å². The summed E-state index contributed by atoms with van der Waals surface area (Å²) >= 11 is 0. The van der Waals surface area contributed by atoms with Gasteiger partial charge in [-0.3, -0.25) is 14.4 Å². The van der Waals surface area contributed by atoms with Gasteiger partial charge in [0.15, 0.2) is 0 Å². The van der Waals surface area contributed by atoms with Crippen LogP contribution in [0.5, 0.6) is 0 Å². The molecule has 2 aliphatic rings. The van der Waals surface area contributed by atoms with Crippen molar-refractivity contribution in [3.63, 3.8) is 0 Å². The third-order valence-electron chi connectivity index (χ3n) is 6.16. The summed E-state index contributed by atoms with van der Waals surface area (Å²) in [6.45, 7) is 15.0. The van der Waals surface area contributed by atoms with Gasteiger partial charge in [-0.1, -0.05) is 32.9 Å². The lowest BCUT2D eigenvalue weighted by atomic mass is 9.86. The summed E-state index contributed by atoms with van der Waals surface area (Å²) in [7, 11) is 0. The zero-order valence-electron chi connectivity index (χ0n) is 19.2. The molecule has 2 fully saturated rings. The van der Waals surface area contributed by atoms with Crippen LogP contribution in [0, 0.1) is 5.92 Å². The molecule has 2 heterocycles. The summed E-state index contributed by atoms with van der Waals surface area (Å²) in [5, 5.41) is 0. The molecule has 0 aromatic heterocycles. The van der Waals surface area contributed by atoms with E-state index in [4.69, 9.17) is 0 Å². The van der Waals surface area contributed by atoms with Gasteiger partial charge in [0.2, 0.25) is 11.8 Å². The van der Waals surface area contributed by atoms with Gasteiger partial charge >= 0.3 is 0 Å². The fraction of sp³-hybridized carbons (Fsp3) is 0.625. The molecule has 6 nitrogen and oxygen atoms in total. The molecule has 1 aromatic carbocycles. The van der Waals surface area contributed by atoms with Crippen molar-refractivity contribution in [2.24, 2.45) is 5.92 Å². The van der Waals surface area contributed by atoms with E-state index in [1.165, 1.54) is 5.56 Å². The molecule has 1 unspecified atom stereocenters. The van der Waals surface area contributed by atoms with E-state index >= 15 is 0 Å². The normalized spacial score (nSPS) is 20.7. The lowest BCUT2D eigenvalue weighted by molar-refractivity contribution is -0.137. The number of likely N-dealkylation sites (tertiary alicyclic amines) is 1. The van der Waals surface area contributed by atoms with Crippen molar-refractivity contribution in [2.45, 2.75) is 58.9 Å². The summed E-state index contributed by atoms with van der Waals surface area (Å²) in [5.74, 6) is -0.175. The first kappa shape index (κ1) is 22.3. The third-order valence-corrected chi connectivity index (χ3v) is 6.16. The topological polar surface area (TPSA) is 60.9 Å². The van der Waals surface area contributed by atoms with E-state index in [-0.39, 0.29) is 41.0 Å². The highest BCUT2D eigenvalue weighted by molar-refractivity contribution is 5.94. The average Bonchev–Trinajstić information content (AvgIpc) is 3.08. The second-order valence-electron chi connectivity index (χ2n) is 10.5. The Hall–Kier alpha value is -2.37. The molecule has 164 valence electrons. The van der Waals surface area contributed by atoms with Crippen molar-refractivity contribution in [2.75, 3.05) is 32.7 Å². The van der Waals surface area contributed by atoms with Crippen LogP contribution >= 0.6 is 0 Å². The van der Waals surface area contributed by atoms with Crippen molar-refractivity contribution < 1.29 is 14.4 Å². The molecule has 0 aliphatic carbocycles. The molecule has 0 N–H and O–H groups in total. The van der Waals surface area contributed by atoms with Crippen LogP contribution in [-0.2, 0) is 15.0 Å². The van der Waals surface area contributed by atoms with Crippen LogP contribution in [0.15, 0.2) is 24.3 Å². The van der Waals surface area contributed by atoms with Crippen molar-refractivity contribution >= 4 is 17.7 Å². The molecule has 0 bridgehead atoms. The number of rotatable bonds is 2. The quantitative estimate of drug-likeness (QED) is 0.749. The molecule has 0 saturated carbocycles. The predicted molar refractivity (Wildman–Crippen MR) is 117 cm³/mol. The second-order valence-corrected chi connectivity index (χ2v) is 10.5. The fourth-order valence-electron chi connectivity index (χ4n) is 4.20. The van der Waals surface area contributed by atoms with E-state index in [1.54, 1.807) is 4.90 Å². The van der Waals surface area contributed by atoms with Gasteiger partial charge in [0, 0.05) is 50.2 Å². The van der Waals surface area contributed by atoms with Crippen molar-refractivity contribution in [1.29, 1.82) is 0 Å². The number of hydrogen-bond donors (Lipinski definition) is 0. The van der Waals surface area contributed by atoms with Crippen LogP contribution in [-0.4, -0.2) is 70.7 Å². The molecule has 0 spiro atoms. The minimum absolute atomic E-state index is 0.0116. The SMILES string of the molecule is CC(C)(C)c1ccc(C(=O)N2CCN(C(=O)C3CC(=O)N(C(C)(C)C)C3)CC2)cc1. The highest BCUT2D eigenvalue weighted by Gasteiger charge is 2.41. The summed E-state index contributed by atoms with van der Waals surface area (Å²) in [6.07, 6.45) is 0.287. The minimum atomic E-state index is -0.274. The van der Waals surface area contributed by atoms with Gasteiger partial charge in [-0.05, 0) is 43.9 Å². The van der Waals surface area contributed by atoms with Gasteiger partial charge in [-0.15, -0.1) is 0 Å². The van der Waals surface area contributed by atoms with E-state index < -0.39 is 0 Å². The van der Waals surface area contributed by atoms with Gasteiger partial charge in [-0.25, -0.2) is 0 Å². The molecule has 3 rings (SSSR count). The molecule has 1 atom stereocenters. The van der Waals surface area contributed by atoms with Gasteiger partial charge in [0.1, 0.15) is 0 Å². The summed E-state index contributed by atoms with van der Waals surface area (Å²) in [6, 6.07) is 7.83. The Morgan fingerprint density at radius 3 is 1.87 bits per heavy atom. The Bertz CT molecular complexity index is 810. The second kappa shape index (κ2) is 8.05. The maximum absolute atomic E-state index is 12.9. The van der Waals surface area contributed by atoms with E-state index in [0.29, 0.717) is 38.3 Å².